The molecule has 0 aliphatic heterocycles. The number of rotatable bonds is 6. The van der Waals surface area contributed by atoms with Crippen molar-refractivity contribution in [2.24, 2.45) is 0 Å². The van der Waals surface area contributed by atoms with Crippen molar-refractivity contribution in [3.8, 4) is 0 Å². The third-order valence-electron chi connectivity index (χ3n) is 4.98. The van der Waals surface area contributed by atoms with Crippen LogP contribution in [0.25, 0.3) is 11.1 Å². The summed E-state index contributed by atoms with van der Waals surface area (Å²) < 4.78 is 0. The first-order valence-corrected chi connectivity index (χ1v) is 10.2. The summed E-state index contributed by atoms with van der Waals surface area (Å²) in [7, 11) is 0. The van der Waals surface area contributed by atoms with Gasteiger partial charge in [-0.2, -0.15) is 0 Å². The van der Waals surface area contributed by atoms with Gasteiger partial charge in [-0.1, -0.05) is 146 Å². The average Bonchev–Trinajstić information content (AvgIpc) is 2.84. The number of allylic oxidation sites excluding steroid dienone is 4. The summed E-state index contributed by atoms with van der Waals surface area (Å²) in [5.41, 5.74) is 7.27. The fraction of sp³-hybridized carbons (Fsp3) is 0. The van der Waals surface area contributed by atoms with Gasteiger partial charge < -0.3 is 0 Å². The zero-order valence-corrected chi connectivity index (χ0v) is 16.9. The third kappa shape index (κ3) is 4.92. The Morgan fingerprint density at radius 1 is 0.333 bits per heavy atom. The Hall–Kier alpha value is -3.90. The minimum Gasteiger partial charge on any atom is -0.0622 e. The molecular weight excluding hydrogens is 360 g/mol. The molecule has 4 rings (SSSR count). The van der Waals surface area contributed by atoms with Gasteiger partial charge in [-0.15, -0.1) is 0 Å². The van der Waals surface area contributed by atoms with Crippen molar-refractivity contribution >= 4 is 11.1 Å². The lowest BCUT2D eigenvalue weighted by Crippen LogP contribution is -1.87. The molecule has 0 saturated heterocycles. The molecule has 4 aromatic carbocycles. The standard InChI is InChI=1S/C30H24/c1-5-15-25(16-6-1)29(26-17-7-2-8-18-26)23-13-14-24-30(27-19-9-3-10-20-27)28-21-11-4-12-22-28/h1-24H/b14-13-. The lowest BCUT2D eigenvalue weighted by Gasteiger charge is -2.08. The summed E-state index contributed by atoms with van der Waals surface area (Å²) in [6, 6.07) is 42.1. The van der Waals surface area contributed by atoms with Crippen molar-refractivity contribution in [2.75, 3.05) is 0 Å². The molecule has 0 radical (unpaired) electrons. The smallest absolute Gasteiger partial charge is 0.0111 e. The van der Waals surface area contributed by atoms with E-state index in [1.54, 1.807) is 0 Å². The van der Waals surface area contributed by atoms with Crippen LogP contribution in [0.4, 0.5) is 0 Å². The van der Waals surface area contributed by atoms with Crippen LogP contribution in [-0.4, -0.2) is 0 Å². The molecule has 0 bridgehead atoms. The van der Waals surface area contributed by atoms with Gasteiger partial charge in [-0.25, -0.2) is 0 Å². The monoisotopic (exact) mass is 384 g/mol. The van der Waals surface area contributed by atoms with E-state index in [9.17, 15) is 0 Å². The number of benzene rings is 4. The zero-order chi connectivity index (χ0) is 20.4. The van der Waals surface area contributed by atoms with Crippen molar-refractivity contribution in [1.29, 1.82) is 0 Å². The predicted molar refractivity (Wildman–Crippen MR) is 129 cm³/mol. The maximum Gasteiger partial charge on any atom is -0.0111 e. The lowest BCUT2D eigenvalue weighted by molar-refractivity contribution is 1.54. The number of hydrogen-bond acceptors (Lipinski definition) is 0. The van der Waals surface area contributed by atoms with Crippen LogP contribution >= 0.6 is 0 Å². The summed E-state index contributed by atoms with van der Waals surface area (Å²) >= 11 is 0. The van der Waals surface area contributed by atoms with Crippen LogP contribution in [0.15, 0.2) is 146 Å². The molecule has 0 heterocycles. The SMILES string of the molecule is C(/C=C\C=C(c1ccccc1)c1ccccc1)=C(c1ccccc1)c1ccccc1. The highest BCUT2D eigenvalue weighted by molar-refractivity contribution is 5.82. The van der Waals surface area contributed by atoms with Crippen LogP contribution in [0.3, 0.4) is 0 Å². The Bertz CT molecular complexity index is 956. The Morgan fingerprint density at radius 3 is 0.800 bits per heavy atom. The molecule has 0 fully saturated rings. The van der Waals surface area contributed by atoms with Crippen molar-refractivity contribution in [2.45, 2.75) is 0 Å². The molecule has 4 aromatic rings. The maximum absolute atomic E-state index is 2.19. The Morgan fingerprint density at radius 2 is 0.567 bits per heavy atom. The normalized spacial score (nSPS) is 10.5. The van der Waals surface area contributed by atoms with Crippen molar-refractivity contribution in [3.63, 3.8) is 0 Å². The second kappa shape index (κ2) is 10.0. The highest BCUT2D eigenvalue weighted by Gasteiger charge is 2.04. The van der Waals surface area contributed by atoms with Crippen LogP contribution in [0, 0.1) is 0 Å². The van der Waals surface area contributed by atoms with Gasteiger partial charge in [0, 0.05) is 0 Å². The van der Waals surface area contributed by atoms with Gasteiger partial charge in [0.15, 0.2) is 0 Å². The van der Waals surface area contributed by atoms with E-state index >= 15 is 0 Å². The minimum atomic E-state index is 1.21. The molecule has 0 saturated carbocycles. The van der Waals surface area contributed by atoms with Crippen LogP contribution in [0.1, 0.15) is 22.3 Å². The van der Waals surface area contributed by atoms with Gasteiger partial charge in [-0.3, -0.25) is 0 Å². The van der Waals surface area contributed by atoms with E-state index in [2.05, 4.69) is 146 Å². The van der Waals surface area contributed by atoms with Crippen LogP contribution in [0.5, 0.6) is 0 Å². The molecule has 0 atom stereocenters. The van der Waals surface area contributed by atoms with E-state index in [1.807, 2.05) is 0 Å². The lowest BCUT2D eigenvalue weighted by atomic mass is 9.96. The molecule has 0 amide bonds. The molecule has 0 spiro atoms. The maximum atomic E-state index is 2.19. The van der Waals surface area contributed by atoms with E-state index in [1.165, 1.54) is 33.4 Å². The van der Waals surface area contributed by atoms with Crippen LogP contribution in [-0.2, 0) is 0 Å². The molecule has 0 aromatic heterocycles. The van der Waals surface area contributed by atoms with E-state index in [-0.39, 0.29) is 0 Å². The first kappa shape index (κ1) is 19.4. The fourth-order valence-electron chi connectivity index (χ4n) is 3.49. The second-order valence-corrected chi connectivity index (χ2v) is 7.01. The average molecular weight is 385 g/mol. The molecule has 0 aliphatic rings. The van der Waals surface area contributed by atoms with Crippen LogP contribution < -0.4 is 0 Å². The molecule has 0 heteroatoms. The predicted octanol–water partition coefficient (Wildman–Crippen LogP) is 7.81. The first-order valence-electron chi connectivity index (χ1n) is 10.2. The summed E-state index contributed by atoms with van der Waals surface area (Å²) in [6.45, 7) is 0. The zero-order valence-electron chi connectivity index (χ0n) is 16.9. The van der Waals surface area contributed by atoms with Gasteiger partial charge in [0.05, 0.1) is 0 Å². The highest BCUT2D eigenvalue weighted by Crippen LogP contribution is 2.25. The van der Waals surface area contributed by atoms with Gasteiger partial charge in [-0.05, 0) is 33.4 Å². The van der Waals surface area contributed by atoms with Crippen molar-refractivity contribution in [1.82, 2.24) is 0 Å². The summed E-state index contributed by atoms with van der Waals surface area (Å²) in [5, 5.41) is 0. The quantitative estimate of drug-likeness (QED) is 0.297. The Labute approximate surface area is 179 Å². The molecule has 30 heavy (non-hydrogen) atoms. The molecule has 0 nitrogen and oxygen atoms in total. The fourth-order valence-corrected chi connectivity index (χ4v) is 3.49. The minimum absolute atomic E-state index is 1.21. The largest absolute Gasteiger partial charge is 0.0622 e. The highest BCUT2D eigenvalue weighted by atomic mass is 14.1. The van der Waals surface area contributed by atoms with Crippen molar-refractivity contribution < 1.29 is 0 Å². The van der Waals surface area contributed by atoms with E-state index in [0.717, 1.165) is 0 Å². The molecule has 0 unspecified atom stereocenters. The summed E-state index contributed by atoms with van der Waals surface area (Å²) in [4.78, 5) is 0. The third-order valence-corrected chi connectivity index (χ3v) is 4.98. The van der Waals surface area contributed by atoms with Gasteiger partial charge >= 0.3 is 0 Å². The van der Waals surface area contributed by atoms with Crippen LogP contribution in [0.2, 0.25) is 0 Å². The van der Waals surface area contributed by atoms with Gasteiger partial charge in [0.25, 0.3) is 0 Å². The van der Waals surface area contributed by atoms with Gasteiger partial charge in [0.2, 0.25) is 0 Å². The molecular formula is C30H24. The second-order valence-electron chi connectivity index (χ2n) is 7.01. The Kier molecular flexibility index (Phi) is 6.50. The first-order chi connectivity index (χ1) is 14.9. The molecule has 144 valence electrons. The number of hydrogen-bond donors (Lipinski definition) is 0. The van der Waals surface area contributed by atoms with E-state index in [4.69, 9.17) is 0 Å². The van der Waals surface area contributed by atoms with Crippen molar-refractivity contribution in [3.05, 3.63) is 168 Å². The molecule has 0 N–H and O–H groups in total. The topological polar surface area (TPSA) is 0 Å². The summed E-state index contributed by atoms with van der Waals surface area (Å²) in [5.74, 6) is 0. The van der Waals surface area contributed by atoms with E-state index in [0.29, 0.717) is 0 Å². The van der Waals surface area contributed by atoms with E-state index < -0.39 is 0 Å². The Balaban J connectivity index is 1.70. The molecule has 0 aliphatic carbocycles. The van der Waals surface area contributed by atoms with Gasteiger partial charge in [0.1, 0.15) is 0 Å². The summed E-state index contributed by atoms with van der Waals surface area (Å²) in [6.07, 6.45) is 8.63.